The molecule has 1 unspecified atom stereocenters. The molecule has 2 N–H and O–H groups in total. The Morgan fingerprint density at radius 1 is 1.07 bits per heavy atom. The molecule has 0 radical (unpaired) electrons. The zero-order valence-electron chi connectivity index (χ0n) is 8.54. The first-order chi connectivity index (χ1) is 7.25. The molecule has 3 nitrogen and oxygen atoms in total. The van der Waals surface area contributed by atoms with Crippen molar-refractivity contribution in [2.24, 2.45) is 0 Å². The van der Waals surface area contributed by atoms with E-state index in [0.29, 0.717) is 19.4 Å². The molecule has 3 heteroatoms. The molecule has 0 saturated heterocycles. The van der Waals surface area contributed by atoms with Crippen molar-refractivity contribution >= 4 is 0 Å². The van der Waals surface area contributed by atoms with Crippen LogP contribution in [0.4, 0.5) is 0 Å². The lowest BCUT2D eigenvalue weighted by Gasteiger charge is -2.10. The van der Waals surface area contributed by atoms with Gasteiger partial charge in [0.1, 0.15) is 0 Å². The van der Waals surface area contributed by atoms with Crippen molar-refractivity contribution in [3.63, 3.8) is 0 Å². The summed E-state index contributed by atoms with van der Waals surface area (Å²) in [5.41, 5.74) is 1.12. The predicted molar refractivity (Wildman–Crippen MR) is 56.3 cm³/mol. The highest BCUT2D eigenvalue weighted by Gasteiger charge is 2.31. The minimum Gasteiger partial charge on any atom is -0.390 e. The van der Waals surface area contributed by atoms with Gasteiger partial charge in [-0.25, -0.2) is 0 Å². The van der Waals surface area contributed by atoms with Crippen LogP contribution in [0.2, 0.25) is 0 Å². The van der Waals surface area contributed by atoms with Crippen LogP contribution < -0.4 is 0 Å². The van der Waals surface area contributed by atoms with E-state index in [-0.39, 0.29) is 6.10 Å². The maximum absolute atomic E-state index is 9.34. The predicted octanol–water partition coefficient (Wildman–Crippen LogP) is 1.09. The van der Waals surface area contributed by atoms with E-state index in [1.807, 2.05) is 30.3 Å². The van der Waals surface area contributed by atoms with E-state index >= 15 is 0 Å². The quantitative estimate of drug-likeness (QED) is 0.781. The molecule has 82 valence electrons. The Kier molecular flexibility index (Phi) is 3.36. The Balaban J connectivity index is 1.80. The third-order valence-corrected chi connectivity index (χ3v) is 2.78. The highest BCUT2D eigenvalue weighted by Crippen LogP contribution is 2.23. The molecular weight excluding hydrogens is 192 g/mol. The number of aliphatic hydroxyl groups excluding tert-OH is 2. The first-order valence-electron chi connectivity index (χ1n) is 5.27. The summed E-state index contributed by atoms with van der Waals surface area (Å²) in [6.07, 6.45) is -0.186. The van der Waals surface area contributed by atoms with Crippen LogP contribution >= 0.6 is 0 Å². The lowest BCUT2D eigenvalue weighted by molar-refractivity contribution is 0.0354. The van der Waals surface area contributed by atoms with E-state index in [2.05, 4.69) is 0 Å². The standard InChI is InChI=1S/C12H16O3/c13-11-6-10(7-12(11)14)15-8-9-4-2-1-3-5-9/h1-5,10-14H,6-8H2/t10?,11-,12+. The summed E-state index contributed by atoms with van der Waals surface area (Å²) in [4.78, 5) is 0. The van der Waals surface area contributed by atoms with E-state index in [0.717, 1.165) is 5.56 Å². The summed E-state index contributed by atoms with van der Waals surface area (Å²) >= 11 is 0. The second kappa shape index (κ2) is 4.75. The highest BCUT2D eigenvalue weighted by atomic mass is 16.5. The monoisotopic (exact) mass is 208 g/mol. The van der Waals surface area contributed by atoms with E-state index < -0.39 is 12.2 Å². The van der Waals surface area contributed by atoms with Crippen LogP contribution in [-0.4, -0.2) is 28.5 Å². The van der Waals surface area contributed by atoms with Crippen LogP contribution in [0.15, 0.2) is 30.3 Å². The lowest BCUT2D eigenvalue weighted by Crippen LogP contribution is -2.17. The van der Waals surface area contributed by atoms with Gasteiger partial charge in [-0.1, -0.05) is 30.3 Å². The summed E-state index contributed by atoms with van der Waals surface area (Å²) in [5, 5.41) is 18.7. The molecular formula is C12H16O3. The van der Waals surface area contributed by atoms with Gasteiger partial charge in [-0.3, -0.25) is 0 Å². The topological polar surface area (TPSA) is 49.7 Å². The summed E-state index contributed by atoms with van der Waals surface area (Å²) in [6, 6.07) is 9.91. The van der Waals surface area contributed by atoms with Gasteiger partial charge in [-0.2, -0.15) is 0 Å². The summed E-state index contributed by atoms with van der Waals surface area (Å²) in [5.74, 6) is 0. The lowest BCUT2D eigenvalue weighted by atomic mass is 10.2. The molecule has 2 rings (SSSR count). The largest absolute Gasteiger partial charge is 0.390 e. The van der Waals surface area contributed by atoms with Crippen LogP contribution in [0.1, 0.15) is 18.4 Å². The van der Waals surface area contributed by atoms with E-state index in [9.17, 15) is 10.2 Å². The van der Waals surface area contributed by atoms with Gasteiger partial charge in [-0.15, -0.1) is 0 Å². The van der Waals surface area contributed by atoms with Crippen molar-refractivity contribution in [1.29, 1.82) is 0 Å². The zero-order chi connectivity index (χ0) is 10.7. The SMILES string of the molecule is O[C@@H]1CC(OCc2ccccc2)C[C@@H]1O. The molecule has 1 fully saturated rings. The normalized spacial score (nSPS) is 30.7. The van der Waals surface area contributed by atoms with Crippen molar-refractivity contribution in [3.05, 3.63) is 35.9 Å². The number of aliphatic hydroxyl groups is 2. The van der Waals surface area contributed by atoms with Gasteiger partial charge in [0.15, 0.2) is 0 Å². The summed E-state index contributed by atoms with van der Waals surface area (Å²) < 4.78 is 5.61. The van der Waals surface area contributed by atoms with Gasteiger partial charge in [-0.05, 0) is 5.56 Å². The molecule has 3 atom stereocenters. The number of hydrogen-bond acceptors (Lipinski definition) is 3. The molecule has 0 amide bonds. The molecule has 1 aromatic rings. The van der Waals surface area contributed by atoms with Crippen LogP contribution in [-0.2, 0) is 11.3 Å². The minimum atomic E-state index is -0.620. The first kappa shape index (κ1) is 10.6. The van der Waals surface area contributed by atoms with Crippen molar-refractivity contribution in [2.45, 2.75) is 37.8 Å². The summed E-state index contributed by atoms with van der Waals surface area (Å²) in [7, 11) is 0. The number of ether oxygens (including phenoxy) is 1. The van der Waals surface area contributed by atoms with Crippen molar-refractivity contribution in [3.8, 4) is 0 Å². The Labute approximate surface area is 89.3 Å². The fourth-order valence-corrected chi connectivity index (χ4v) is 1.87. The molecule has 1 aliphatic rings. The van der Waals surface area contributed by atoms with Crippen LogP contribution in [0.3, 0.4) is 0 Å². The average Bonchev–Trinajstić information content (AvgIpc) is 2.57. The molecule has 0 aromatic heterocycles. The van der Waals surface area contributed by atoms with E-state index in [4.69, 9.17) is 4.74 Å². The van der Waals surface area contributed by atoms with E-state index in [1.165, 1.54) is 0 Å². The fraction of sp³-hybridized carbons (Fsp3) is 0.500. The Hall–Kier alpha value is -0.900. The highest BCUT2D eigenvalue weighted by molar-refractivity contribution is 5.13. The molecule has 0 spiro atoms. The molecule has 0 aliphatic heterocycles. The Bertz CT molecular complexity index is 289. The smallest absolute Gasteiger partial charge is 0.0824 e. The van der Waals surface area contributed by atoms with Gasteiger partial charge in [0.2, 0.25) is 0 Å². The Morgan fingerprint density at radius 3 is 2.27 bits per heavy atom. The number of hydrogen-bond donors (Lipinski definition) is 2. The molecule has 1 aliphatic carbocycles. The number of rotatable bonds is 3. The molecule has 0 heterocycles. The first-order valence-corrected chi connectivity index (χ1v) is 5.27. The maximum atomic E-state index is 9.34. The van der Waals surface area contributed by atoms with Gasteiger partial charge in [0.25, 0.3) is 0 Å². The van der Waals surface area contributed by atoms with Gasteiger partial charge >= 0.3 is 0 Å². The molecule has 0 bridgehead atoms. The van der Waals surface area contributed by atoms with Gasteiger partial charge in [0.05, 0.1) is 24.9 Å². The van der Waals surface area contributed by atoms with E-state index in [1.54, 1.807) is 0 Å². The second-order valence-electron chi connectivity index (χ2n) is 4.02. The van der Waals surface area contributed by atoms with Gasteiger partial charge < -0.3 is 14.9 Å². The second-order valence-corrected chi connectivity index (χ2v) is 4.02. The fourth-order valence-electron chi connectivity index (χ4n) is 1.87. The average molecular weight is 208 g/mol. The Morgan fingerprint density at radius 2 is 1.67 bits per heavy atom. The van der Waals surface area contributed by atoms with Crippen molar-refractivity contribution in [1.82, 2.24) is 0 Å². The zero-order valence-corrected chi connectivity index (χ0v) is 8.54. The third kappa shape index (κ3) is 2.78. The van der Waals surface area contributed by atoms with Crippen LogP contribution in [0, 0.1) is 0 Å². The van der Waals surface area contributed by atoms with Crippen molar-refractivity contribution < 1.29 is 14.9 Å². The third-order valence-electron chi connectivity index (χ3n) is 2.78. The van der Waals surface area contributed by atoms with Crippen LogP contribution in [0.25, 0.3) is 0 Å². The molecule has 1 aromatic carbocycles. The van der Waals surface area contributed by atoms with Crippen LogP contribution in [0.5, 0.6) is 0 Å². The summed E-state index contributed by atoms with van der Waals surface area (Å²) in [6.45, 7) is 0.547. The molecule has 15 heavy (non-hydrogen) atoms. The maximum Gasteiger partial charge on any atom is 0.0824 e. The van der Waals surface area contributed by atoms with Crippen molar-refractivity contribution in [2.75, 3.05) is 0 Å². The minimum absolute atomic E-state index is 0.0183. The number of benzene rings is 1. The van der Waals surface area contributed by atoms with Gasteiger partial charge in [0, 0.05) is 12.8 Å². The molecule has 1 saturated carbocycles.